The van der Waals surface area contributed by atoms with Crippen molar-refractivity contribution in [3.8, 4) is 0 Å². The van der Waals surface area contributed by atoms with Crippen LogP contribution in [0.4, 0.5) is 11.4 Å². The van der Waals surface area contributed by atoms with Crippen molar-refractivity contribution in [2.24, 2.45) is 5.10 Å². The number of para-hydroxylation sites is 2. The second-order valence-electron chi connectivity index (χ2n) is 5.17. The predicted octanol–water partition coefficient (Wildman–Crippen LogP) is 3.37. The zero-order valence-corrected chi connectivity index (χ0v) is 12.0. The van der Waals surface area contributed by atoms with Crippen molar-refractivity contribution in [3.63, 3.8) is 0 Å². The van der Waals surface area contributed by atoms with Gasteiger partial charge in [-0.1, -0.05) is 36.4 Å². The third-order valence-corrected chi connectivity index (χ3v) is 3.55. The Bertz CT molecular complexity index is 617. The van der Waals surface area contributed by atoms with Gasteiger partial charge < -0.3 is 4.90 Å². The number of rotatable bonds is 3. The Kier molecular flexibility index (Phi) is 3.42. The SMILES string of the molecule is CN(C)c1ccccc1C1=NN(c2ccccc2)CC1. The van der Waals surface area contributed by atoms with Crippen molar-refractivity contribution in [2.75, 3.05) is 30.5 Å². The highest BCUT2D eigenvalue weighted by atomic mass is 15.5. The van der Waals surface area contributed by atoms with Gasteiger partial charge in [0, 0.05) is 38.3 Å². The van der Waals surface area contributed by atoms with Crippen molar-refractivity contribution in [1.29, 1.82) is 0 Å². The number of hydrazone groups is 1. The van der Waals surface area contributed by atoms with Gasteiger partial charge in [0.05, 0.1) is 11.4 Å². The topological polar surface area (TPSA) is 18.8 Å². The van der Waals surface area contributed by atoms with Crippen LogP contribution >= 0.6 is 0 Å². The highest BCUT2D eigenvalue weighted by molar-refractivity contribution is 6.06. The molecule has 20 heavy (non-hydrogen) atoms. The summed E-state index contributed by atoms with van der Waals surface area (Å²) in [6.45, 7) is 0.946. The maximum Gasteiger partial charge on any atom is 0.0721 e. The summed E-state index contributed by atoms with van der Waals surface area (Å²) < 4.78 is 0. The first kappa shape index (κ1) is 12.7. The first-order chi connectivity index (χ1) is 9.75. The fourth-order valence-electron chi connectivity index (χ4n) is 2.54. The molecule has 0 fully saturated rings. The molecule has 1 aliphatic heterocycles. The molecule has 3 rings (SSSR count). The highest BCUT2D eigenvalue weighted by Crippen LogP contribution is 2.25. The van der Waals surface area contributed by atoms with E-state index in [9.17, 15) is 0 Å². The zero-order valence-electron chi connectivity index (χ0n) is 12.0. The second-order valence-corrected chi connectivity index (χ2v) is 5.17. The summed E-state index contributed by atoms with van der Waals surface area (Å²) in [5.41, 5.74) is 4.78. The van der Waals surface area contributed by atoms with Crippen molar-refractivity contribution in [1.82, 2.24) is 0 Å². The average Bonchev–Trinajstić information content (AvgIpc) is 2.98. The lowest BCUT2D eigenvalue weighted by Crippen LogP contribution is -2.13. The fourth-order valence-corrected chi connectivity index (χ4v) is 2.54. The van der Waals surface area contributed by atoms with Crippen LogP contribution < -0.4 is 9.91 Å². The number of hydrogen-bond donors (Lipinski definition) is 0. The van der Waals surface area contributed by atoms with E-state index in [2.05, 4.69) is 72.5 Å². The van der Waals surface area contributed by atoms with E-state index in [0.29, 0.717) is 0 Å². The number of hydrogen-bond acceptors (Lipinski definition) is 3. The first-order valence-electron chi connectivity index (χ1n) is 6.92. The van der Waals surface area contributed by atoms with Crippen LogP contribution in [-0.2, 0) is 0 Å². The largest absolute Gasteiger partial charge is 0.377 e. The van der Waals surface area contributed by atoms with Gasteiger partial charge in [-0.2, -0.15) is 5.10 Å². The zero-order chi connectivity index (χ0) is 13.9. The standard InChI is InChI=1S/C17H19N3/c1-19(2)17-11-7-6-10-15(17)16-12-13-20(18-16)14-8-4-3-5-9-14/h3-11H,12-13H2,1-2H3. The van der Waals surface area contributed by atoms with Crippen molar-refractivity contribution in [3.05, 3.63) is 60.2 Å². The van der Waals surface area contributed by atoms with Gasteiger partial charge in [0.1, 0.15) is 0 Å². The summed E-state index contributed by atoms with van der Waals surface area (Å²) in [5, 5.41) is 6.88. The van der Waals surface area contributed by atoms with Gasteiger partial charge in [0.2, 0.25) is 0 Å². The van der Waals surface area contributed by atoms with E-state index < -0.39 is 0 Å². The Morgan fingerprint density at radius 2 is 1.65 bits per heavy atom. The molecule has 102 valence electrons. The second kappa shape index (κ2) is 5.37. The summed E-state index contributed by atoms with van der Waals surface area (Å²) in [4.78, 5) is 2.14. The Morgan fingerprint density at radius 1 is 0.950 bits per heavy atom. The lowest BCUT2D eigenvalue weighted by molar-refractivity contribution is 0.922. The van der Waals surface area contributed by atoms with Crippen LogP contribution in [0, 0.1) is 0 Å². The van der Waals surface area contributed by atoms with Gasteiger partial charge in [-0.3, -0.25) is 5.01 Å². The van der Waals surface area contributed by atoms with E-state index in [0.717, 1.165) is 24.4 Å². The van der Waals surface area contributed by atoms with E-state index in [1.54, 1.807) is 0 Å². The molecular weight excluding hydrogens is 246 g/mol. The molecule has 0 aliphatic carbocycles. The fraction of sp³-hybridized carbons (Fsp3) is 0.235. The smallest absolute Gasteiger partial charge is 0.0721 e. The van der Waals surface area contributed by atoms with E-state index in [-0.39, 0.29) is 0 Å². The Labute approximate surface area is 120 Å². The van der Waals surface area contributed by atoms with Gasteiger partial charge in [-0.25, -0.2) is 0 Å². The minimum Gasteiger partial charge on any atom is -0.377 e. The third-order valence-electron chi connectivity index (χ3n) is 3.55. The molecular formula is C17H19N3. The summed E-state index contributed by atoms with van der Waals surface area (Å²) in [6.07, 6.45) is 0.986. The van der Waals surface area contributed by atoms with E-state index in [1.165, 1.54) is 11.3 Å². The van der Waals surface area contributed by atoms with Gasteiger partial charge in [-0.15, -0.1) is 0 Å². The molecule has 0 radical (unpaired) electrons. The number of nitrogens with zero attached hydrogens (tertiary/aromatic N) is 3. The number of anilines is 2. The maximum absolute atomic E-state index is 4.79. The summed E-state index contributed by atoms with van der Waals surface area (Å²) >= 11 is 0. The van der Waals surface area contributed by atoms with Crippen LogP contribution in [0.2, 0.25) is 0 Å². The molecule has 1 aliphatic rings. The lowest BCUT2D eigenvalue weighted by atomic mass is 10.1. The number of benzene rings is 2. The lowest BCUT2D eigenvalue weighted by Gasteiger charge is -2.17. The molecule has 1 heterocycles. The monoisotopic (exact) mass is 265 g/mol. The van der Waals surface area contributed by atoms with Crippen molar-refractivity contribution >= 4 is 17.1 Å². The van der Waals surface area contributed by atoms with Crippen molar-refractivity contribution in [2.45, 2.75) is 6.42 Å². The molecule has 0 N–H and O–H groups in total. The minimum atomic E-state index is 0.946. The molecule has 3 heteroatoms. The minimum absolute atomic E-state index is 0.946. The van der Waals surface area contributed by atoms with Crippen LogP contribution in [0.3, 0.4) is 0 Å². The molecule has 0 bridgehead atoms. The third kappa shape index (κ3) is 2.39. The summed E-state index contributed by atoms with van der Waals surface area (Å²) in [7, 11) is 4.15. The van der Waals surface area contributed by atoms with Gasteiger partial charge >= 0.3 is 0 Å². The Morgan fingerprint density at radius 3 is 2.40 bits per heavy atom. The molecule has 2 aromatic carbocycles. The van der Waals surface area contributed by atoms with Gasteiger partial charge in [0.25, 0.3) is 0 Å². The van der Waals surface area contributed by atoms with Crippen molar-refractivity contribution < 1.29 is 0 Å². The molecule has 0 unspecified atom stereocenters. The van der Waals surface area contributed by atoms with Crippen LogP contribution in [0.1, 0.15) is 12.0 Å². The molecule has 0 atom stereocenters. The highest BCUT2D eigenvalue weighted by Gasteiger charge is 2.19. The van der Waals surface area contributed by atoms with E-state index in [4.69, 9.17) is 5.10 Å². The molecule has 0 aromatic heterocycles. The molecule has 3 nitrogen and oxygen atoms in total. The average molecular weight is 265 g/mol. The molecule has 2 aromatic rings. The van der Waals surface area contributed by atoms with Crippen LogP contribution in [-0.4, -0.2) is 26.4 Å². The van der Waals surface area contributed by atoms with E-state index >= 15 is 0 Å². The molecule has 0 spiro atoms. The predicted molar refractivity (Wildman–Crippen MR) is 85.7 cm³/mol. The molecule has 0 saturated heterocycles. The first-order valence-corrected chi connectivity index (χ1v) is 6.92. The molecule has 0 amide bonds. The van der Waals surface area contributed by atoms with Crippen LogP contribution in [0.5, 0.6) is 0 Å². The Balaban J connectivity index is 1.93. The maximum atomic E-state index is 4.79. The summed E-state index contributed by atoms with van der Waals surface area (Å²) in [5.74, 6) is 0. The summed E-state index contributed by atoms with van der Waals surface area (Å²) in [6, 6.07) is 18.8. The quantitative estimate of drug-likeness (QED) is 0.847. The van der Waals surface area contributed by atoms with Gasteiger partial charge in [-0.05, 0) is 18.2 Å². The van der Waals surface area contributed by atoms with Crippen LogP contribution in [0.15, 0.2) is 59.7 Å². The normalized spacial score (nSPS) is 14.3. The van der Waals surface area contributed by atoms with Crippen LogP contribution in [0.25, 0.3) is 0 Å². The Hall–Kier alpha value is -2.29. The molecule has 0 saturated carbocycles. The van der Waals surface area contributed by atoms with E-state index in [1.807, 2.05) is 6.07 Å². The van der Waals surface area contributed by atoms with Gasteiger partial charge in [0.15, 0.2) is 0 Å².